The van der Waals surface area contributed by atoms with Crippen molar-refractivity contribution >= 4 is 29.3 Å². The second-order valence-corrected chi connectivity index (χ2v) is 8.37. The molecule has 0 aliphatic heterocycles. The number of amides is 1. The molecule has 2 N–H and O–H groups in total. The minimum atomic E-state index is -0.449. The fraction of sp³-hybridized carbons (Fsp3) is 0.286. The molecule has 0 saturated heterocycles. The second kappa shape index (κ2) is 10.0. The Labute approximate surface area is 189 Å². The van der Waals surface area contributed by atoms with E-state index in [1.165, 1.54) is 21.7 Å². The summed E-state index contributed by atoms with van der Waals surface area (Å²) >= 11 is 7.18. The van der Waals surface area contributed by atoms with E-state index in [1.807, 2.05) is 32.0 Å². The number of halogens is 2. The Bertz CT molecular complexity index is 1050. The van der Waals surface area contributed by atoms with Crippen molar-refractivity contribution < 1.29 is 13.9 Å². The van der Waals surface area contributed by atoms with Crippen molar-refractivity contribution in [1.29, 1.82) is 0 Å². The molecule has 0 radical (unpaired) electrons. The predicted molar refractivity (Wildman–Crippen MR) is 119 cm³/mol. The zero-order valence-corrected chi connectivity index (χ0v) is 19.0. The highest BCUT2D eigenvalue weighted by Crippen LogP contribution is 2.24. The summed E-state index contributed by atoms with van der Waals surface area (Å²) in [7, 11) is 1.59. The van der Waals surface area contributed by atoms with Crippen molar-refractivity contribution in [3.63, 3.8) is 0 Å². The summed E-state index contributed by atoms with van der Waals surface area (Å²) in [5, 5.41) is 8.75. The third-order valence-corrected chi connectivity index (χ3v) is 5.98. The maximum atomic E-state index is 13.9. The third-order valence-electron chi connectivity index (χ3n) is 4.70. The standard InChI is InChI=1S/C21H23ClFN5O2S/c1-13-6-4-7-14(2)20(13)30-11-18-25-26-21(28(18)24)31-12-19(29)27(3)10-15-16(22)8-5-9-17(15)23/h4-9H,10-12,24H2,1-3H3. The molecule has 164 valence electrons. The molecule has 1 amide bonds. The molecule has 0 unspecified atom stereocenters. The lowest BCUT2D eigenvalue weighted by Crippen LogP contribution is -2.28. The summed E-state index contributed by atoms with van der Waals surface area (Å²) in [6, 6.07) is 10.3. The summed E-state index contributed by atoms with van der Waals surface area (Å²) in [5.41, 5.74) is 2.31. The quantitative estimate of drug-likeness (QED) is 0.404. The fourth-order valence-corrected chi connectivity index (χ4v) is 3.95. The number of carbonyl (C=O) groups excluding carboxylic acids is 1. The van der Waals surface area contributed by atoms with Crippen LogP contribution in [0.5, 0.6) is 5.75 Å². The van der Waals surface area contributed by atoms with Crippen LogP contribution in [-0.2, 0) is 17.9 Å². The predicted octanol–water partition coefficient (Wildman–Crippen LogP) is 3.73. The minimum Gasteiger partial charge on any atom is -0.485 e. The first-order valence-electron chi connectivity index (χ1n) is 9.46. The molecule has 0 aliphatic rings. The van der Waals surface area contributed by atoms with E-state index in [0.29, 0.717) is 11.0 Å². The van der Waals surface area contributed by atoms with E-state index in [2.05, 4.69) is 10.2 Å². The van der Waals surface area contributed by atoms with Crippen molar-refractivity contribution in [3.8, 4) is 5.75 Å². The average molecular weight is 464 g/mol. The average Bonchev–Trinajstić information content (AvgIpc) is 3.08. The van der Waals surface area contributed by atoms with Gasteiger partial charge < -0.3 is 15.5 Å². The van der Waals surface area contributed by atoms with Crippen LogP contribution in [0.25, 0.3) is 0 Å². The number of rotatable bonds is 8. The first-order valence-corrected chi connectivity index (χ1v) is 10.8. The molecule has 0 atom stereocenters. The lowest BCUT2D eigenvalue weighted by Gasteiger charge is -2.18. The summed E-state index contributed by atoms with van der Waals surface area (Å²) in [6.07, 6.45) is 0. The maximum Gasteiger partial charge on any atom is 0.233 e. The molecular weight excluding hydrogens is 441 g/mol. The number of thioether (sulfide) groups is 1. The molecule has 2 aromatic carbocycles. The number of para-hydroxylation sites is 1. The first-order chi connectivity index (χ1) is 14.8. The fourth-order valence-electron chi connectivity index (χ4n) is 2.91. The number of benzene rings is 2. The zero-order chi connectivity index (χ0) is 22.5. The van der Waals surface area contributed by atoms with E-state index in [1.54, 1.807) is 13.1 Å². The number of aryl methyl sites for hydroxylation is 2. The van der Waals surface area contributed by atoms with Gasteiger partial charge in [-0.15, -0.1) is 10.2 Å². The topological polar surface area (TPSA) is 86.3 Å². The Hall–Kier alpha value is -2.78. The van der Waals surface area contributed by atoms with Crippen molar-refractivity contribution in [3.05, 3.63) is 69.8 Å². The molecule has 3 aromatic rings. The molecule has 10 heteroatoms. The zero-order valence-electron chi connectivity index (χ0n) is 17.4. The third kappa shape index (κ3) is 5.48. The second-order valence-electron chi connectivity index (χ2n) is 7.02. The van der Waals surface area contributed by atoms with E-state index < -0.39 is 5.82 Å². The van der Waals surface area contributed by atoms with Crippen LogP contribution in [0.4, 0.5) is 4.39 Å². The van der Waals surface area contributed by atoms with Gasteiger partial charge in [-0.3, -0.25) is 4.79 Å². The van der Waals surface area contributed by atoms with E-state index >= 15 is 0 Å². The van der Waals surface area contributed by atoms with Crippen LogP contribution in [-0.4, -0.2) is 38.5 Å². The number of hydrogen-bond donors (Lipinski definition) is 1. The van der Waals surface area contributed by atoms with Crippen molar-refractivity contribution in [1.82, 2.24) is 19.8 Å². The number of hydrogen-bond acceptors (Lipinski definition) is 6. The Morgan fingerprint density at radius 3 is 2.58 bits per heavy atom. The van der Waals surface area contributed by atoms with Gasteiger partial charge in [0.05, 0.1) is 5.75 Å². The van der Waals surface area contributed by atoms with Crippen LogP contribution >= 0.6 is 23.4 Å². The first kappa shape index (κ1) is 22.9. The normalized spacial score (nSPS) is 10.9. The minimum absolute atomic E-state index is 0.0646. The van der Waals surface area contributed by atoms with Gasteiger partial charge in [0.15, 0.2) is 5.82 Å². The highest BCUT2D eigenvalue weighted by atomic mass is 35.5. The van der Waals surface area contributed by atoms with E-state index in [-0.39, 0.29) is 35.4 Å². The Kier molecular flexibility index (Phi) is 7.40. The van der Waals surface area contributed by atoms with Gasteiger partial charge in [-0.2, -0.15) is 0 Å². The highest BCUT2D eigenvalue weighted by Gasteiger charge is 2.17. The molecule has 0 aliphatic carbocycles. The summed E-state index contributed by atoms with van der Waals surface area (Å²) in [4.78, 5) is 13.9. The monoisotopic (exact) mass is 463 g/mol. The number of ether oxygens (including phenoxy) is 1. The molecule has 7 nitrogen and oxygen atoms in total. The number of nitrogen functional groups attached to an aromatic ring is 1. The van der Waals surface area contributed by atoms with Gasteiger partial charge in [0.2, 0.25) is 11.1 Å². The molecule has 31 heavy (non-hydrogen) atoms. The molecule has 0 bridgehead atoms. The highest BCUT2D eigenvalue weighted by molar-refractivity contribution is 7.99. The molecule has 0 fully saturated rings. The molecule has 0 saturated carbocycles. The number of carbonyl (C=O) groups is 1. The Balaban J connectivity index is 1.57. The van der Waals surface area contributed by atoms with Gasteiger partial charge in [0, 0.05) is 24.2 Å². The van der Waals surface area contributed by atoms with Gasteiger partial charge in [0.25, 0.3) is 0 Å². The molecule has 3 rings (SSSR count). The summed E-state index contributed by atoms with van der Waals surface area (Å²) in [6.45, 7) is 4.14. The lowest BCUT2D eigenvalue weighted by atomic mass is 10.1. The van der Waals surface area contributed by atoms with Crippen molar-refractivity contribution in [2.75, 3.05) is 18.6 Å². The van der Waals surface area contributed by atoms with Crippen LogP contribution in [0.2, 0.25) is 5.02 Å². The van der Waals surface area contributed by atoms with Crippen LogP contribution in [0.15, 0.2) is 41.6 Å². The van der Waals surface area contributed by atoms with Gasteiger partial charge in [-0.25, -0.2) is 9.07 Å². The summed E-state index contributed by atoms with van der Waals surface area (Å²) < 4.78 is 21.1. The molecular formula is C21H23ClFN5O2S. The Morgan fingerprint density at radius 2 is 1.90 bits per heavy atom. The molecule has 1 aromatic heterocycles. The number of nitrogens with two attached hydrogens (primary N) is 1. The number of aromatic nitrogens is 3. The van der Waals surface area contributed by atoms with E-state index in [4.69, 9.17) is 22.2 Å². The largest absolute Gasteiger partial charge is 0.485 e. The molecule has 1 heterocycles. The SMILES string of the molecule is Cc1cccc(C)c1OCc1nnc(SCC(=O)N(C)Cc2c(F)cccc2Cl)n1N. The smallest absolute Gasteiger partial charge is 0.233 e. The maximum absolute atomic E-state index is 13.9. The van der Waals surface area contributed by atoms with Gasteiger partial charge in [0.1, 0.15) is 18.2 Å². The lowest BCUT2D eigenvalue weighted by molar-refractivity contribution is -0.127. The van der Waals surface area contributed by atoms with Crippen LogP contribution in [0.1, 0.15) is 22.5 Å². The number of nitrogens with zero attached hydrogens (tertiary/aromatic N) is 4. The summed E-state index contributed by atoms with van der Waals surface area (Å²) in [5.74, 6) is 6.68. The van der Waals surface area contributed by atoms with Crippen LogP contribution in [0.3, 0.4) is 0 Å². The van der Waals surface area contributed by atoms with Gasteiger partial charge in [-0.1, -0.05) is 47.6 Å². The van der Waals surface area contributed by atoms with E-state index in [0.717, 1.165) is 28.6 Å². The van der Waals surface area contributed by atoms with Crippen molar-refractivity contribution in [2.45, 2.75) is 32.2 Å². The van der Waals surface area contributed by atoms with Gasteiger partial charge >= 0.3 is 0 Å². The van der Waals surface area contributed by atoms with Crippen LogP contribution in [0, 0.1) is 19.7 Å². The van der Waals surface area contributed by atoms with Gasteiger partial charge in [-0.05, 0) is 37.1 Å². The van der Waals surface area contributed by atoms with Crippen molar-refractivity contribution in [2.24, 2.45) is 0 Å². The molecule has 0 spiro atoms. The van der Waals surface area contributed by atoms with E-state index in [9.17, 15) is 9.18 Å². The van der Waals surface area contributed by atoms with Crippen LogP contribution < -0.4 is 10.6 Å². The Morgan fingerprint density at radius 1 is 1.23 bits per heavy atom.